The molecule has 0 radical (unpaired) electrons. The second-order valence-electron chi connectivity index (χ2n) is 8.84. The van der Waals surface area contributed by atoms with E-state index in [1.807, 2.05) is 12.1 Å². The van der Waals surface area contributed by atoms with Crippen LogP contribution in [0.4, 0.5) is 5.69 Å². The molecule has 1 fully saturated rings. The lowest BCUT2D eigenvalue weighted by Gasteiger charge is -2.49. The number of benzene rings is 2. The number of anilines is 1. The highest BCUT2D eigenvalue weighted by molar-refractivity contribution is 6.01. The van der Waals surface area contributed by atoms with E-state index in [0.717, 1.165) is 5.56 Å². The fourth-order valence-corrected chi connectivity index (χ4v) is 3.52. The minimum Gasteiger partial charge on any atom is -0.328 e. The van der Waals surface area contributed by atoms with Gasteiger partial charge in [0.1, 0.15) is 5.54 Å². The Morgan fingerprint density at radius 2 is 1.86 bits per heavy atom. The van der Waals surface area contributed by atoms with Crippen LogP contribution in [0.5, 0.6) is 0 Å². The van der Waals surface area contributed by atoms with E-state index in [9.17, 15) is 9.59 Å². The summed E-state index contributed by atoms with van der Waals surface area (Å²) in [5.74, 6) is -0.279. The summed E-state index contributed by atoms with van der Waals surface area (Å²) in [4.78, 5) is 27.3. The number of hydrogen-bond donors (Lipinski definition) is 1. The highest BCUT2D eigenvalue weighted by Crippen LogP contribution is 2.32. The van der Waals surface area contributed by atoms with Gasteiger partial charge in [0.05, 0.1) is 18.1 Å². The van der Waals surface area contributed by atoms with E-state index in [0.29, 0.717) is 24.2 Å². The van der Waals surface area contributed by atoms with Crippen molar-refractivity contribution < 1.29 is 9.59 Å². The summed E-state index contributed by atoms with van der Waals surface area (Å²) >= 11 is 0. The molecule has 2 aromatic rings. The highest BCUT2D eigenvalue weighted by Gasteiger charge is 2.49. The molecular weight excluding hydrogens is 362 g/mol. The molecule has 1 aliphatic heterocycles. The number of hydrogen-bond acceptors (Lipinski definition) is 3. The Kier molecular flexibility index (Phi) is 5.48. The molecular formula is C24H27N3O2. The Morgan fingerprint density at radius 3 is 2.41 bits per heavy atom. The summed E-state index contributed by atoms with van der Waals surface area (Å²) < 4.78 is 0. The monoisotopic (exact) mass is 389 g/mol. The molecule has 1 unspecified atom stereocenters. The topological polar surface area (TPSA) is 73.2 Å². The molecule has 0 aliphatic carbocycles. The Hall–Kier alpha value is -3.13. The van der Waals surface area contributed by atoms with E-state index < -0.39 is 5.54 Å². The molecule has 150 valence electrons. The summed E-state index contributed by atoms with van der Waals surface area (Å²) in [6, 6.07) is 16.9. The molecule has 5 heteroatoms. The first-order valence-electron chi connectivity index (χ1n) is 9.85. The standard InChI is InChI=1S/C24H27N3O2/c1-23(2,3)19-10-8-17(9-11-19)15-21(28)27-13-12-24(27,4)22(29)26-20-7-5-6-18(14-20)16-25/h5-11,14H,12-13,15H2,1-4H3,(H,26,29). The quantitative estimate of drug-likeness (QED) is 0.858. The zero-order chi connectivity index (χ0) is 21.2. The first-order valence-corrected chi connectivity index (χ1v) is 9.85. The molecule has 0 aromatic heterocycles. The molecule has 29 heavy (non-hydrogen) atoms. The SMILES string of the molecule is CC(C)(C)c1ccc(CC(=O)N2CCC2(C)C(=O)Nc2cccc(C#N)c2)cc1. The molecule has 0 spiro atoms. The van der Waals surface area contributed by atoms with Gasteiger partial charge in [-0.05, 0) is 48.1 Å². The first kappa shape index (κ1) is 20.6. The first-order chi connectivity index (χ1) is 13.6. The summed E-state index contributed by atoms with van der Waals surface area (Å²) in [6.45, 7) is 8.83. The number of likely N-dealkylation sites (tertiary alicyclic amines) is 1. The lowest BCUT2D eigenvalue weighted by atomic mass is 9.84. The molecule has 5 nitrogen and oxygen atoms in total. The van der Waals surface area contributed by atoms with Crippen LogP contribution in [-0.4, -0.2) is 28.8 Å². The van der Waals surface area contributed by atoms with Gasteiger partial charge in [0.15, 0.2) is 0 Å². The Morgan fingerprint density at radius 1 is 1.17 bits per heavy atom. The number of nitriles is 1. The third-order valence-electron chi connectivity index (χ3n) is 5.63. The van der Waals surface area contributed by atoms with E-state index in [2.05, 4.69) is 44.3 Å². The Bertz CT molecular complexity index is 967. The predicted octanol–water partition coefficient (Wildman–Crippen LogP) is 4.03. The van der Waals surface area contributed by atoms with Crippen molar-refractivity contribution in [3.05, 3.63) is 65.2 Å². The van der Waals surface area contributed by atoms with Gasteiger partial charge in [-0.3, -0.25) is 9.59 Å². The zero-order valence-electron chi connectivity index (χ0n) is 17.5. The van der Waals surface area contributed by atoms with Crippen molar-refractivity contribution in [3.8, 4) is 6.07 Å². The minimum absolute atomic E-state index is 0.0526. The maximum atomic E-state index is 12.9. The largest absolute Gasteiger partial charge is 0.328 e. The van der Waals surface area contributed by atoms with Crippen LogP contribution in [0.1, 0.15) is 50.8 Å². The van der Waals surface area contributed by atoms with Crippen molar-refractivity contribution in [2.24, 2.45) is 0 Å². The average molecular weight is 389 g/mol. The zero-order valence-corrected chi connectivity index (χ0v) is 17.5. The van der Waals surface area contributed by atoms with Crippen molar-refractivity contribution in [1.82, 2.24) is 4.90 Å². The van der Waals surface area contributed by atoms with Gasteiger partial charge in [-0.2, -0.15) is 5.26 Å². The van der Waals surface area contributed by atoms with Crippen molar-refractivity contribution in [1.29, 1.82) is 5.26 Å². The van der Waals surface area contributed by atoms with Crippen LogP contribution in [0.2, 0.25) is 0 Å². The van der Waals surface area contributed by atoms with Gasteiger partial charge in [0, 0.05) is 12.2 Å². The second-order valence-corrected chi connectivity index (χ2v) is 8.84. The van der Waals surface area contributed by atoms with Crippen LogP contribution >= 0.6 is 0 Å². The van der Waals surface area contributed by atoms with Crippen LogP contribution in [-0.2, 0) is 21.4 Å². The van der Waals surface area contributed by atoms with E-state index in [1.54, 1.807) is 36.1 Å². The molecule has 2 aromatic carbocycles. The van der Waals surface area contributed by atoms with Crippen LogP contribution in [0, 0.1) is 11.3 Å². The Balaban J connectivity index is 1.67. The van der Waals surface area contributed by atoms with Gasteiger partial charge < -0.3 is 10.2 Å². The third kappa shape index (κ3) is 4.32. The van der Waals surface area contributed by atoms with E-state index in [1.165, 1.54) is 5.56 Å². The summed E-state index contributed by atoms with van der Waals surface area (Å²) in [5.41, 5.74) is 2.41. The molecule has 1 N–H and O–H groups in total. The molecule has 1 aliphatic rings. The van der Waals surface area contributed by atoms with E-state index in [-0.39, 0.29) is 23.7 Å². The van der Waals surface area contributed by atoms with Crippen LogP contribution in [0.3, 0.4) is 0 Å². The smallest absolute Gasteiger partial charge is 0.250 e. The predicted molar refractivity (Wildman–Crippen MR) is 113 cm³/mol. The fourth-order valence-electron chi connectivity index (χ4n) is 3.52. The lowest BCUT2D eigenvalue weighted by molar-refractivity contribution is -0.154. The number of carbonyl (C=O) groups excluding carboxylic acids is 2. The van der Waals surface area contributed by atoms with Crippen molar-refractivity contribution in [3.63, 3.8) is 0 Å². The molecule has 3 rings (SSSR count). The lowest BCUT2D eigenvalue weighted by Crippen LogP contribution is -2.66. The Labute approximate surface area is 172 Å². The summed E-state index contributed by atoms with van der Waals surface area (Å²) in [5, 5.41) is 11.9. The maximum absolute atomic E-state index is 12.9. The van der Waals surface area contributed by atoms with Gasteiger partial charge in [-0.25, -0.2) is 0 Å². The highest BCUT2D eigenvalue weighted by atomic mass is 16.2. The van der Waals surface area contributed by atoms with Gasteiger partial charge >= 0.3 is 0 Å². The molecule has 1 heterocycles. The minimum atomic E-state index is -0.870. The van der Waals surface area contributed by atoms with Gasteiger partial charge in [-0.1, -0.05) is 51.1 Å². The van der Waals surface area contributed by atoms with Crippen molar-refractivity contribution in [2.45, 2.75) is 51.5 Å². The third-order valence-corrected chi connectivity index (χ3v) is 5.63. The van der Waals surface area contributed by atoms with Crippen LogP contribution < -0.4 is 5.32 Å². The summed E-state index contributed by atoms with van der Waals surface area (Å²) in [6.07, 6.45) is 0.892. The van der Waals surface area contributed by atoms with Gasteiger partial charge in [0.2, 0.25) is 11.8 Å². The molecule has 0 bridgehead atoms. The van der Waals surface area contributed by atoms with Crippen LogP contribution in [0.25, 0.3) is 0 Å². The molecule has 0 saturated carbocycles. The number of nitrogens with zero attached hydrogens (tertiary/aromatic N) is 2. The van der Waals surface area contributed by atoms with E-state index >= 15 is 0 Å². The number of nitrogens with one attached hydrogen (secondary N) is 1. The van der Waals surface area contributed by atoms with Gasteiger partial charge in [-0.15, -0.1) is 0 Å². The average Bonchev–Trinajstić information content (AvgIpc) is 2.66. The molecule has 1 saturated heterocycles. The number of rotatable bonds is 4. The van der Waals surface area contributed by atoms with Crippen LogP contribution in [0.15, 0.2) is 48.5 Å². The maximum Gasteiger partial charge on any atom is 0.250 e. The summed E-state index contributed by atoms with van der Waals surface area (Å²) in [7, 11) is 0. The second kappa shape index (κ2) is 7.71. The number of carbonyl (C=O) groups is 2. The van der Waals surface area contributed by atoms with E-state index in [4.69, 9.17) is 5.26 Å². The molecule has 1 atom stereocenters. The fraction of sp³-hybridized carbons (Fsp3) is 0.375. The van der Waals surface area contributed by atoms with Crippen molar-refractivity contribution >= 4 is 17.5 Å². The normalized spacial score (nSPS) is 18.5. The number of amides is 2. The molecule has 2 amide bonds. The van der Waals surface area contributed by atoms with Crippen molar-refractivity contribution in [2.75, 3.05) is 11.9 Å². The van der Waals surface area contributed by atoms with Gasteiger partial charge in [0.25, 0.3) is 0 Å².